The van der Waals surface area contributed by atoms with Crippen molar-refractivity contribution >= 4 is 5.97 Å². The van der Waals surface area contributed by atoms with Crippen LogP contribution in [0.25, 0.3) is 0 Å². The number of aliphatic hydroxyl groups excluding tert-OH is 3. The van der Waals surface area contributed by atoms with E-state index in [0.29, 0.717) is 16.9 Å². The zero-order valence-corrected chi connectivity index (χ0v) is 15.6. The molecule has 0 bridgehead atoms. The number of carbonyl (C=O) groups excluding carboxylic acids is 1. The number of hydrogen-bond acceptors (Lipinski definition) is 9. The average Bonchev–Trinajstić information content (AvgIpc) is 3.04. The van der Waals surface area contributed by atoms with Crippen LogP contribution in [-0.2, 0) is 20.8 Å². The molecule has 3 rings (SSSR count). The maximum absolute atomic E-state index is 12.2. The lowest BCUT2D eigenvalue weighted by molar-refractivity contribution is -0.282. The Balaban J connectivity index is 2.01. The molecule has 0 radical (unpaired) electrons. The minimum Gasteiger partial charge on any atom is -0.496 e. The first-order valence-electron chi connectivity index (χ1n) is 8.54. The summed E-state index contributed by atoms with van der Waals surface area (Å²) < 4.78 is 27.1. The van der Waals surface area contributed by atoms with E-state index in [-0.39, 0.29) is 17.9 Å². The zero-order valence-electron chi connectivity index (χ0n) is 15.6. The van der Waals surface area contributed by atoms with Crippen LogP contribution in [0.1, 0.15) is 27.0 Å². The molecule has 1 aromatic carbocycles. The summed E-state index contributed by atoms with van der Waals surface area (Å²) in [6, 6.07) is 0. The van der Waals surface area contributed by atoms with Crippen molar-refractivity contribution in [3.05, 3.63) is 22.3 Å². The van der Waals surface area contributed by atoms with Gasteiger partial charge in [0, 0.05) is 18.2 Å². The van der Waals surface area contributed by atoms with Gasteiger partial charge in [0.25, 0.3) is 0 Å². The number of esters is 1. The summed E-state index contributed by atoms with van der Waals surface area (Å²) in [7, 11) is 2.84. The molecule has 150 valence electrons. The summed E-state index contributed by atoms with van der Waals surface area (Å²) in [4.78, 5) is 12.2. The number of hydrogen-bond donors (Lipinski definition) is 3. The molecule has 2 aliphatic rings. The first-order chi connectivity index (χ1) is 12.8. The van der Waals surface area contributed by atoms with E-state index in [4.69, 9.17) is 23.7 Å². The van der Waals surface area contributed by atoms with Crippen molar-refractivity contribution in [3.63, 3.8) is 0 Å². The molecule has 5 atom stereocenters. The van der Waals surface area contributed by atoms with Crippen LogP contribution in [0, 0.1) is 13.8 Å². The van der Waals surface area contributed by atoms with Crippen molar-refractivity contribution < 1.29 is 43.8 Å². The summed E-state index contributed by atoms with van der Waals surface area (Å²) in [6.07, 6.45) is -5.97. The van der Waals surface area contributed by atoms with Gasteiger partial charge in [-0.2, -0.15) is 0 Å². The number of rotatable bonds is 5. The third-order valence-corrected chi connectivity index (χ3v) is 5.09. The van der Waals surface area contributed by atoms with Crippen molar-refractivity contribution in [3.8, 4) is 11.5 Å². The minimum absolute atomic E-state index is 0.0920. The maximum Gasteiger partial charge on any atom is 0.342 e. The molecule has 0 aromatic heterocycles. The number of cyclic esters (lactones) is 1. The first kappa shape index (κ1) is 19.8. The molecule has 2 aliphatic heterocycles. The highest BCUT2D eigenvalue weighted by molar-refractivity contribution is 5.98. The van der Waals surface area contributed by atoms with E-state index in [2.05, 4.69) is 0 Å². The van der Waals surface area contributed by atoms with Gasteiger partial charge < -0.3 is 39.0 Å². The molecule has 0 amide bonds. The van der Waals surface area contributed by atoms with Crippen molar-refractivity contribution in [2.45, 2.75) is 51.2 Å². The molecule has 1 saturated heterocycles. The van der Waals surface area contributed by atoms with Crippen molar-refractivity contribution in [2.24, 2.45) is 0 Å². The van der Waals surface area contributed by atoms with E-state index in [9.17, 15) is 20.1 Å². The van der Waals surface area contributed by atoms with E-state index >= 15 is 0 Å². The average molecular weight is 384 g/mol. The Morgan fingerprint density at radius 1 is 1.11 bits per heavy atom. The van der Waals surface area contributed by atoms with Gasteiger partial charge in [0.05, 0.1) is 13.7 Å². The molecule has 2 heterocycles. The van der Waals surface area contributed by atoms with Gasteiger partial charge in [-0.1, -0.05) is 0 Å². The van der Waals surface area contributed by atoms with Crippen LogP contribution in [0.3, 0.4) is 0 Å². The minimum atomic E-state index is -1.46. The summed E-state index contributed by atoms with van der Waals surface area (Å²) in [5.41, 5.74) is 2.18. The van der Waals surface area contributed by atoms with Gasteiger partial charge in [0.15, 0.2) is 0 Å². The first-order valence-corrected chi connectivity index (χ1v) is 8.54. The fraction of sp³-hybridized carbons (Fsp3) is 0.611. The van der Waals surface area contributed by atoms with Crippen LogP contribution < -0.4 is 9.47 Å². The highest BCUT2D eigenvalue weighted by Gasteiger charge is 2.46. The summed E-state index contributed by atoms with van der Waals surface area (Å²) >= 11 is 0. The van der Waals surface area contributed by atoms with Gasteiger partial charge in [-0.05, 0) is 19.4 Å². The summed E-state index contributed by atoms with van der Waals surface area (Å²) in [5.74, 6) is 0.133. The van der Waals surface area contributed by atoms with Gasteiger partial charge in [-0.25, -0.2) is 4.79 Å². The van der Waals surface area contributed by atoms with Crippen molar-refractivity contribution in [2.75, 3.05) is 20.8 Å². The highest BCUT2D eigenvalue weighted by atomic mass is 16.7. The molecule has 0 aliphatic carbocycles. The second-order valence-corrected chi connectivity index (χ2v) is 6.57. The van der Waals surface area contributed by atoms with Gasteiger partial charge >= 0.3 is 5.97 Å². The second kappa shape index (κ2) is 7.61. The Bertz CT molecular complexity index is 730. The highest BCUT2D eigenvalue weighted by Crippen LogP contribution is 2.42. The molecule has 27 heavy (non-hydrogen) atoms. The lowest BCUT2D eigenvalue weighted by Gasteiger charge is -2.41. The Kier molecular flexibility index (Phi) is 5.59. The van der Waals surface area contributed by atoms with Gasteiger partial charge in [0.2, 0.25) is 6.29 Å². The molecule has 0 saturated carbocycles. The van der Waals surface area contributed by atoms with Gasteiger partial charge in [-0.15, -0.1) is 0 Å². The van der Waals surface area contributed by atoms with E-state index in [1.54, 1.807) is 6.92 Å². The Morgan fingerprint density at radius 3 is 2.41 bits per heavy atom. The van der Waals surface area contributed by atoms with Gasteiger partial charge in [-0.3, -0.25) is 0 Å². The fourth-order valence-electron chi connectivity index (χ4n) is 3.65. The molecule has 9 nitrogen and oxygen atoms in total. The van der Waals surface area contributed by atoms with Crippen LogP contribution in [0.2, 0.25) is 0 Å². The largest absolute Gasteiger partial charge is 0.496 e. The number of benzene rings is 1. The predicted octanol–water partition coefficient (Wildman–Crippen LogP) is -0.185. The molecular formula is C18H24O9. The number of ether oxygens (including phenoxy) is 5. The number of carbonyl (C=O) groups is 1. The predicted molar refractivity (Wildman–Crippen MR) is 90.8 cm³/mol. The molecule has 9 heteroatoms. The zero-order chi connectivity index (χ0) is 19.9. The van der Waals surface area contributed by atoms with E-state index in [1.165, 1.54) is 14.2 Å². The van der Waals surface area contributed by atoms with E-state index < -0.39 is 43.3 Å². The lowest BCUT2D eigenvalue weighted by atomic mass is 9.97. The molecule has 0 spiro atoms. The molecule has 3 N–H and O–H groups in total. The van der Waals surface area contributed by atoms with Crippen LogP contribution in [-0.4, -0.2) is 72.8 Å². The van der Waals surface area contributed by atoms with Crippen LogP contribution in [0.5, 0.6) is 11.5 Å². The Hall–Kier alpha value is -1.91. The number of fused-ring (bicyclic) bond motifs is 1. The standard InChI is InChI=1S/C18H24O9/c1-7-9-6-25-17(22)11(9)15(8(2)14(7)23-3)27-18-13(21)12(20)16(24-4)10(5-19)26-18/h10,12-13,16,18-21H,5-6H2,1-4H3. The topological polar surface area (TPSA) is 124 Å². The number of methoxy groups -OCH3 is 2. The normalized spacial score (nSPS) is 30.0. The smallest absolute Gasteiger partial charge is 0.342 e. The third-order valence-electron chi connectivity index (χ3n) is 5.09. The van der Waals surface area contributed by atoms with Crippen LogP contribution >= 0.6 is 0 Å². The second-order valence-electron chi connectivity index (χ2n) is 6.57. The summed E-state index contributed by atoms with van der Waals surface area (Å²) in [6.45, 7) is 3.17. The molecule has 1 fully saturated rings. The lowest BCUT2D eigenvalue weighted by Crippen LogP contribution is -2.60. The van der Waals surface area contributed by atoms with Crippen LogP contribution in [0.15, 0.2) is 0 Å². The quantitative estimate of drug-likeness (QED) is 0.593. The Morgan fingerprint density at radius 2 is 1.81 bits per heavy atom. The van der Waals surface area contributed by atoms with E-state index in [0.717, 1.165) is 5.56 Å². The van der Waals surface area contributed by atoms with Gasteiger partial charge in [0.1, 0.15) is 48.1 Å². The molecule has 1 aromatic rings. The third kappa shape index (κ3) is 3.15. The molecule has 5 unspecified atom stereocenters. The SMILES string of the molecule is COc1c(C)c2c(c(OC3OC(CO)C(OC)C(O)C3O)c1C)C(=O)OC2. The monoisotopic (exact) mass is 384 g/mol. The van der Waals surface area contributed by atoms with E-state index in [1.807, 2.05) is 6.92 Å². The molecular weight excluding hydrogens is 360 g/mol. The summed E-state index contributed by atoms with van der Waals surface area (Å²) in [5, 5.41) is 30.2. The number of aliphatic hydroxyl groups is 3. The van der Waals surface area contributed by atoms with Crippen molar-refractivity contribution in [1.29, 1.82) is 0 Å². The fourth-order valence-corrected chi connectivity index (χ4v) is 3.65. The van der Waals surface area contributed by atoms with Crippen molar-refractivity contribution in [1.82, 2.24) is 0 Å². The van der Waals surface area contributed by atoms with Crippen LogP contribution in [0.4, 0.5) is 0 Å². The Labute approximate surface area is 156 Å². The maximum atomic E-state index is 12.2.